The molecule has 71 valence electrons. The van der Waals surface area contributed by atoms with E-state index in [4.69, 9.17) is 0 Å². The number of alkyl halides is 1. The second-order valence-electron chi connectivity index (χ2n) is 3.22. The molecule has 0 bridgehead atoms. The molecule has 1 atom stereocenters. The van der Waals surface area contributed by atoms with Gasteiger partial charge in [-0.25, -0.2) is 0 Å². The van der Waals surface area contributed by atoms with E-state index in [9.17, 15) is 4.79 Å². The first-order chi connectivity index (χ1) is 6.13. The third-order valence-corrected chi connectivity index (χ3v) is 2.31. The Kier molecular flexibility index (Phi) is 3.66. The normalized spacial score (nSPS) is 13.2. The van der Waals surface area contributed by atoms with Crippen LogP contribution in [0.1, 0.15) is 24.2 Å². The molecule has 1 heterocycles. The number of halogens is 1. The summed E-state index contributed by atoms with van der Waals surface area (Å²) in [7, 11) is 0. The van der Waals surface area contributed by atoms with E-state index in [2.05, 4.69) is 21.0 Å². The average molecular weight is 244 g/mol. The van der Waals surface area contributed by atoms with E-state index in [1.54, 1.807) is 6.20 Å². The Morgan fingerprint density at radius 3 is 3.00 bits per heavy atom. The number of nitrogens with zero attached hydrogens (tertiary/aromatic N) is 2. The Labute approximate surface area is 86.3 Å². The van der Waals surface area contributed by atoms with Crippen LogP contribution in [-0.4, -0.2) is 16.1 Å². The maximum Gasteiger partial charge on any atom is 0.138 e. The third-order valence-electron chi connectivity index (χ3n) is 1.57. The molecule has 4 heteroatoms. The molecule has 13 heavy (non-hydrogen) atoms. The Morgan fingerprint density at radius 2 is 2.46 bits per heavy atom. The second-order valence-corrected chi connectivity index (χ2v) is 4.20. The van der Waals surface area contributed by atoms with Crippen LogP contribution in [0.25, 0.3) is 0 Å². The highest BCUT2D eigenvalue weighted by Crippen LogP contribution is 2.19. The Morgan fingerprint density at radius 1 is 1.77 bits per heavy atom. The highest BCUT2D eigenvalue weighted by Gasteiger charge is 2.08. The molecule has 0 spiro atoms. The Hall–Kier alpha value is -0.640. The van der Waals surface area contributed by atoms with Crippen molar-refractivity contribution in [3.63, 3.8) is 0 Å². The standard InChI is InChI=1S/C9H12BrN2O/c1-7(2)4-12-5-8(3-11-12)9(10)6-13/h3,5-6,9H,4H2,1-2H3. The number of hydrogen-bond acceptors (Lipinski definition) is 2. The molecule has 1 aromatic rings. The van der Waals surface area contributed by atoms with Crippen molar-refractivity contribution in [2.24, 2.45) is 0 Å². The van der Waals surface area contributed by atoms with Crippen LogP contribution in [0.2, 0.25) is 0 Å². The average Bonchev–Trinajstić information content (AvgIpc) is 2.50. The van der Waals surface area contributed by atoms with Gasteiger partial charge in [0.05, 0.1) is 11.0 Å². The summed E-state index contributed by atoms with van der Waals surface area (Å²) in [5, 5.41) is 4.13. The van der Waals surface area contributed by atoms with Crippen molar-refractivity contribution in [2.45, 2.75) is 25.2 Å². The fourth-order valence-electron chi connectivity index (χ4n) is 1.01. The van der Waals surface area contributed by atoms with Gasteiger partial charge in [0, 0.05) is 18.3 Å². The maximum absolute atomic E-state index is 10.4. The fraction of sp³-hybridized carbons (Fsp3) is 0.444. The van der Waals surface area contributed by atoms with Gasteiger partial charge < -0.3 is 4.79 Å². The summed E-state index contributed by atoms with van der Waals surface area (Å²) in [6.07, 6.45) is 4.43. The number of carbonyl (C=O) groups is 1. The molecular weight excluding hydrogens is 232 g/mol. The summed E-state index contributed by atoms with van der Waals surface area (Å²) in [6, 6.07) is 0. The molecule has 0 fully saturated rings. The van der Waals surface area contributed by atoms with Crippen LogP contribution in [0.4, 0.5) is 0 Å². The lowest BCUT2D eigenvalue weighted by Gasteiger charge is -2.02. The van der Waals surface area contributed by atoms with E-state index in [0.717, 1.165) is 18.4 Å². The Bertz CT molecular complexity index is 283. The molecule has 0 aliphatic rings. The van der Waals surface area contributed by atoms with Gasteiger partial charge in [-0.1, -0.05) is 29.8 Å². The van der Waals surface area contributed by atoms with Crippen LogP contribution in [0.3, 0.4) is 0 Å². The van der Waals surface area contributed by atoms with Gasteiger partial charge in [0.2, 0.25) is 0 Å². The summed E-state index contributed by atoms with van der Waals surface area (Å²) in [5.41, 5.74) is 0.899. The summed E-state index contributed by atoms with van der Waals surface area (Å²) in [6.45, 7) is 4.90. The zero-order valence-electron chi connectivity index (χ0n) is 7.70. The van der Waals surface area contributed by atoms with E-state index >= 15 is 0 Å². The number of aldehydes is 1. The lowest BCUT2D eigenvalue weighted by atomic mass is 10.2. The van der Waals surface area contributed by atoms with Gasteiger partial charge in [-0.2, -0.15) is 5.10 Å². The predicted molar refractivity (Wildman–Crippen MR) is 54.6 cm³/mol. The lowest BCUT2D eigenvalue weighted by Crippen LogP contribution is -2.02. The predicted octanol–water partition coefficient (Wildman–Crippen LogP) is 2.13. The van der Waals surface area contributed by atoms with Crippen LogP contribution < -0.4 is 0 Å². The molecule has 0 amide bonds. The molecule has 0 N–H and O–H groups in total. The number of aromatic nitrogens is 2. The van der Waals surface area contributed by atoms with Gasteiger partial charge in [0.15, 0.2) is 0 Å². The van der Waals surface area contributed by atoms with Crippen molar-refractivity contribution in [3.05, 3.63) is 23.9 Å². The Balaban J connectivity index is 2.68. The maximum atomic E-state index is 10.4. The van der Waals surface area contributed by atoms with Crippen LogP contribution in [0.5, 0.6) is 0 Å². The largest absolute Gasteiger partial charge is 0.302 e. The molecule has 1 unspecified atom stereocenters. The first-order valence-electron chi connectivity index (χ1n) is 4.04. The summed E-state index contributed by atoms with van der Waals surface area (Å²) in [5.74, 6) is 1.28. The van der Waals surface area contributed by atoms with Gasteiger partial charge in [0.1, 0.15) is 6.29 Å². The van der Waals surface area contributed by atoms with E-state index in [1.807, 2.05) is 24.7 Å². The zero-order chi connectivity index (χ0) is 9.84. The highest BCUT2D eigenvalue weighted by molar-refractivity contribution is 9.09. The molecule has 1 aromatic heterocycles. The molecule has 1 radical (unpaired) electrons. The first-order valence-corrected chi connectivity index (χ1v) is 4.96. The van der Waals surface area contributed by atoms with E-state index in [0.29, 0.717) is 0 Å². The van der Waals surface area contributed by atoms with Crippen molar-refractivity contribution in [2.75, 3.05) is 0 Å². The van der Waals surface area contributed by atoms with Gasteiger partial charge in [0.25, 0.3) is 0 Å². The number of rotatable bonds is 4. The molecule has 0 aliphatic carbocycles. The minimum atomic E-state index is -0.238. The van der Waals surface area contributed by atoms with Crippen molar-refractivity contribution in [1.82, 2.24) is 9.78 Å². The van der Waals surface area contributed by atoms with Crippen molar-refractivity contribution < 1.29 is 4.79 Å². The highest BCUT2D eigenvalue weighted by atomic mass is 79.9. The minimum Gasteiger partial charge on any atom is -0.302 e. The van der Waals surface area contributed by atoms with Crippen LogP contribution >= 0.6 is 15.9 Å². The fourth-order valence-corrected chi connectivity index (χ4v) is 1.25. The van der Waals surface area contributed by atoms with Crippen LogP contribution in [0.15, 0.2) is 12.4 Å². The number of carbonyl (C=O) groups excluding carboxylic acids is 1. The third kappa shape index (κ3) is 2.95. The quantitative estimate of drug-likeness (QED) is 0.600. The lowest BCUT2D eigenvalue weighted by molar-refractivity contribution is -0.107. The molecule has 0 aromatic carbocycles. The molecule has 0 saturated carbocycles. The van der Waals surface area contributed by atoms with Crippen molar-refractivity contribution in [3.8, 4) is 0 Å². The molecule has 0 saturated heterocycles. The molecule has 3 nitrogen and oxygen atoms in total. The second kappa shape index (κ2) is 4.56. The first kappa shape index (κ1) is 10.4. The number of hydrogen-bond donors (Lipinski definition) is 0. The summed E-state index contributed by atoms with van der Waals surface area (Å²) < 4.78 is 1.82. The van der Waals surface area contributed by atoms with E-state index in [1.165, 1.54) is 5.92 Å². The van der Waals surface area contributed by atoms with Gasteiger partial charge in [-0.3, -0.25) is 4.68 Å². The van der Waals surface area contributed by atoms with Gasteiger partial charge >= 0.3 is 0 Å². The van der Waals surface area contributed by atoms with E-state index in [-0.39, 0.29) is 4.83 Å². The minimum absolute atomic E-state index is 0.238. The van der Waals surface area contributed by atoms with E-state index < -0.39 is 0 Å². The molecule has 0 aliphatic heterocycles. The molecular formula is C9H12BrN2O. The SMILES string of the molecule is C[C](C)Cn1cc(C(Br)C=O)cn1. The monoisotopic (exact) mass is 243 g/mol. The van der Waals surface area contributed by atoms with Crippen LogP contribution in [0, 0.1) is 5.92 Å². The van der Waals surface area contributed by atoms with Crippen LogP contribution in [-0.2, 0) is 11.3 Å². The van der Waals surface area contributed by atoms with Gasteiger partial charge in [-0.05, 0) is 5.92 Å². The summed E-state index contributed by atoms with van der Waals surface area (Å²) >= 11 is 3.24. The topological polar surface area (TPSA) is 34.9 Å². The van der Waals surface area contributed by atoms with Crippen molar-refractivity contribution in [1.29, 1.82) is 0 Å². The smallest absolute Gasteiger partial charge is 0.138 e. The summed E-state index contributed by atoms with van der Waals surface area (Å²) in [4.78, 5) is 10.2. The van der Waals surface area contributed by atoms with Crippen molar-refractivity contribution >= 4 is 22.2 Å². The molecule has 1 rings (SSSR count). The van der Waals surface area contributed by atoms with Gasteiger partial charge in [-0.15, -0.1) is 0 Å². The zero-order valence-corrected chi connectivity index (χ0v) is 9.28.